The van der Waals surface area contributed by atoms with E-state index in [-0.39, 0.29) is 0 Å². The van der Waals surface area contributed by atoms with Crippen molar-refractivity contribution in [1.82, 2.24) is 9.88 Å². The number of fused-ring (bicyclic) bond motifs is 3. The molecule has 0 amide bonds. The second-order valence-electron chi connectivity index (χ2n) is 5.09. The van der Waals surface area contributed by atoms with Crippen LogP contribution in [-0.2, 0) is 0 Å². The normalized spacial score (nSPS) is 33.9. The monoisotopic (exact) mass is 262 g/mol. The maximum atomic E-state index is 10.6. The number of rotatable bonds is 0. The summed E-state index contributed by atoms with van der Waals surface area (Å²) in [4.78, 5) is 6.27. The summed E-state index contributed by atoms with van der Waals surface area (Å²) in [6.45, 7) is 2.86. The van der Waals surface area contributed by atoms with Gasteiger partial charge in [-0.15, -0.1) is 0 Å². The van der Waals surface area contributed by atoms with Crippen LogP contribution in [-0.4, -0.2) is 40.2 Å². The van der Waals surface area contributed by atoms with Gasteiger partial charge >= 0.3 is 0 Å². The summed E-state index contributed by atoms with van der Waals surface area (Å²) in [5.74, 6) is 6.38. The maximum absolute atomic E-state index is 10.6. The first kappa shape index (κ1) is 12.0. The lowest BCUT2D eigenvalue weighted by molar-refractivity contribution is -0.0713. The van der Waals surface area contributed by atoms with Crippen molar-refractivity contribution in [2.24, 2.45) is 5.92 Å². The molecule has 0 aliphatic carbocycles. The fourth-order valence-corrected chi connectivity index (χ4v) is 2.92. The molecule has 1 N–H and O–H groups in total. The fourth-order valence-electron chi connectivity index (χ4n) is 2.81. The van der Waals surface area contributed by atoms with Crippen LogP contribution >= 0.6 is 11.6 Å². The summed E-state index contributed by atoms with van der Waals surface area (Å²) in [6.07, 6.45) is 3.73. The molecule has 2 bridgehead atoms. The van der Waals surface area contributed by atoms with Crippen molar-refractivity contribution in [2.45, 2.75) is 18.4 Å². The van der Waals surface area contributed by atoms with E-state index < -0.39 is 5.60 Å². The lowest BCUT2D eigenvalue weighted by atomic mass is 9.76. The third kappa shape index (κ3) is 2.24. The molecule has 1 unspecified atom stereocenters. The Kier molecular flexibility index (Phi) is 3.03. The third-order valence-corrected chi connectivity index (χ3v) is 4.10. The number of aromatic nitrogens is 1. The van der Waals surface area contributed by atoms with Crippen molar-refractivity contribution >= 4 is 11.6 Å². The van der Waals surface area contributed by atoms with Gasteiger partial charge in [0.25, 0.3) is 0 Å². The Bertz CT molecular complexity index is 497. The number of piperidine rings is 3. The Morgan fingerprint density at radius 2 is 2.17 bits per heavy atom. The van der Waals surface area contributed by atoms with Crippen molar-refractivity contribution in [3.05, 3.63) is 29.0 Å². The lowest BCUT2D eigenvalue weighted by Crippen LogP contribution is -2.58. The second kappa shape index (κ2) is 4.55. The molecule has 94 valence electrons. The highest BCUT2D eigenvalue weighted by Crippen LogP contribution is 2.35. The van der Waals surface area contributed by atoms with Gasteiger partial charge < -0.3 is 5.11 Å². The first-order valence-electron chi connectivity index (χ1n) is 6.25. The fraction of sp³-hybridized carbons (Fsp3) is 0.500. The van der Waals surface area contributed by atoms with Gasteiger partial charge in [0.05, 0.1) is 0 Å². The topological polar surface area (TPSA) is 36.4 Å². The smallest absolute Gasteiger partial charge is 0.141 e. The van der Waals surface area contributed by atoms with Crippen LogP contribution in [0.15, 0.2) is 18.3 Å². The molecule has 0 spiro atoms. The SMILES string of the molecule is OC1(C#Cc2ccc(Cl)nc2)CN2CCC1CC2. The van der Waals surface area contributed by atoms with Crippen LogP contribution in [0.5, 0.6) is 0 Å². The Hall–Kier alpha value is -1.08. The molecule has 18 heavy (non-hydrogen) atoms. The number of halogens is 1. The average molecular weight is 263 g/mol. The van der Waals surface area contributed by atoms with Crippen LogP contribution in [0, 0.1) is 17.8 Å². The van der Waals surface area contributed by atoms with E-state index in [1.807, 2.05) is 6.07 Å². The van der Waals surface area contributed by atoms with Crippen molar-refractivity contribution < 1.29 is 5.11 Å². The van der Waals surface area contributed by atoms with Crippen molar-refractivity contribution in [3.8, 4) is 11.8 Å². The van der Waals surface area contributed by atoms with E-state index in [0.29, 0.717) is 17.6 Å². The van der Waals surface area contributed by atoms with Crippen LogP contribution in [0.2, 0.25) is 5.15 Å². The van der Waals surface area contributed by atoms with E-state index in [2.05, 4.69) is 21.7 Å². The molecule has 1 aromatic heterocycles. The molecule has 4 rings (SSSR count). The van der Waals surface area contributed by atoms with Crippen molar-refractivity contribution in [1.29, 1.82) is 0 Å². The van der Waals surface area contributed by atoms with E-state index >= 15 is 0 Å². The molecular formula is C14H15ClN2O. The molecule has 3 fully saturated rings. The predicted octanol–water partition coefficient (Wildman–Crippen LogP) is 1.54. The minimum Gasteiger partial charge on any atom is -0.376 e. The van der Waals surface area contributed by atoms with E-state index in [4.69, 9.17) is 11.6 Å². The molecule has 3 nitrogen and oxygen atoms in total. The number of aliphatic hydroxyl groups is 1. The summed E-state index contributed by atoms with van der Waals surface area (Å²) in [5.41, 5.74) is -0.0554. The Morgan fingerprint density at radius 3 is 2.72 bits per heavy atom. The largest absolute Gasteiger partial charge is 0.376 e. The van der Waals surface area contributed by atoms with Crippen LogP contribution in [0.4, 0.5) is 0 Å². The quantitative estimate of drug-likeness (QED) is 0.569. The predicted molar refractivity (Wildman–Crippen MR) is 70.2 cm³/mol. The third-order valence-electron chi connectivity index (χ3n) is 3.88. The van der Waals surface area contributed by atoms with Gasteiger partial charge in [0, 0.05) is 24.2 Å². The molecule has 4 heteroatoms. The molecule has 3 saturated heterocycles. The first-order valence-corrected chi connectivity index (χ1v) is 6.63. The van der Waals surface area contributed by atoms with E-state index in [1.165, 1.54) is 0 Å². The van der Waals surface area contributed by atoms with Gasteiger partial charge in [-0.25, -0.2) is 4.98 Å². The lowest BCUT2D eigenvalue weighted by Gasteiger charge is -2.47. The molecular weight excluding hydrogens is 248 g/mol. The number of hydrogen-bond donors (Lipinski definition) is 1. The summed E-state index contributed by atoms with van der Waals surface area (Å²) in [5, 5.41) is 11.1. The second-order valence-corrected chi connectivity index (χ2v) is 5.48. The number of hydrogen-bond acceptors (Lipinski definition) is 3. The van der Waals surface area contributed by atoms with Crippen LogP contribution in [0.3, 0.4) is 0 Å². The average Bonchev–Trinajstić information content (AvgIpc) is 2.39. The Morgan fingerprint density at radius 1 is 1.39 bits per heavy atom. The summed E-state index contributed by atoms with van der Waals surface area (Å²) in [6, 6.07) is 3.54. The van der Waals surface area contributed by atoms with Crippen LogP contribution in [0.1, 0.15) is 18.4 Å². The summed E-state index contributed by atoms with van der Waals surface area (Å²) < 4.78 is 0. The van der Waals surface area contributed by atoms with Gasteiger partial charge in [-0.2, -0.15) is 0 Å². The highest BCUT2D eigenvalue weighted by molar-refractivity contribution is 6.29. The zero-order chi connectivity index (χ0) is 12.6. The summed E-state index contributed by atoms with van der Waals surface area (Å²) in [7, 11) is 0. The molecule has 1 aromatic rings. The van der Waals surface area contributed by atoms with Gasteiger partial charge in [0.15, 0.2) is 0 Å². The standard InChI is InChI=1S/C14H15ClN2O/c15-13-2-1-11(9-16-13)3-6-14(18)10-17-7-4-12(14)5-8-17/h1-2,9,12,18H,4-5,7-8,10H2. The van der Waals surface area contributed by atoms with E-state index in [1.54, 1.807) is 12.3 Å². The van der Waals surface area contributed by atoms with Crippen LogP contribution < -0.4 is 0 Å². The number of pyridine rings is 1. The molecule has 4 heterocycles. The van der Waals surface area contributed by atoms with E-state index in [9.17, 15) is 5.11 Å². The molecule has 3 aliphatic heterocycles. The Balaban J connectivity index is 1.82. The first-order chi connectivity index (χ1) is 8.66. The Labute approximate surface area is 112 Å². The summed E-state index contributed by atoms with van der Waals surface area (Å²) >= 11 is 5.72. The molecule has 0 aromatic carbocycles. The van der Waals surface area contributed by atoms with E-state index in [0.717, 1.165) is 31.5 Å². The zero-order valence-corrected chi connectivity index (χ0v) is 10.8. The van der Waals surface area contributed by atoms with Gasteiger partial charge in [-0.3, -0.25) is 4.90 Å². The zero-order valence-electron chi connectivity index (χ0n) is 10.1. The van der Waals surface area contributed by atoms with Crippen LogP contribution in [0.25, 0.3) is 0 Å². The maximum Gasteiger partial charge on any atom is 0.141 e. The minimum atomic E-state index is -0.851. The van der Waals surface area contributed by atoms with Gasteiger partial charge in [-0.05, 0) is 38.1 Å². The highest BCUT2D eigenvalue weighted by atomic mass is 35.5. The van der Waals surface area contributed by atoms with Gasteiger partial charge in [-0.1, -0.05) is 23.4 Å². The molecule has 3 aliphatic rings. The molecule has 0 radical (unpaired) electrons. The molecule has 0 saturated carbocycles. The minimum absolute atomic E-state index is 0.315. The van der Waals surface area contributed by atoms with Gasteiger partial charge in [0.2, 0.25) is 0 Å². The van der Waals surface area contributed by atoms with Gasteiger partial charge in [0.1, 0.15) is 10.8 Å². The highest BCUT2D eigenvalue weighted by Gasteiger charge is 2.44. The van der Waals surface area contributed by atoms with Crippen molar-refractivity contribution in [3.63, 3.8) is 0 Å². The molecule has 1 atom stereocenters. The van der Waals surface area contributed by atoms with Crippen molar-refractivity contribution in [2.75, 3.05) is 19.6 Å². The number of nitrogens with zero attached hydrogens (tertiary/aromatic N) is 2.